The van der Waals surface area contributed by atoms with Crippen molar-refractivity contribution < 1.29 is 8.42 Å². The third kappa shape index (κ3) is 3.44. The smallest absolute Gasteiger partial charge is 0.281 e. The van der Waals surface area contributed by atoms with E-state index in [9.17, 15) is 8.42 Å². The van der Waals surface area contributed by atoms with Crippen molar-refractivity contribution in [3.8, 4) is 0 Å². The van der Waals surface area contributed by atoms with Gasteiger partial charge in [-0.2, -0.15) is 17.0 Å². The molecule has 0 bridgehead atoms. The number of rotatable bonds is 8. The molecule has 0 spiro atoms. The van der Waals surface area contributed by atoms with Gasteiger partial charge >= 0.3 is 0 Å². The van der Waals surface area contributed by atoms with Crippen LogP contribution >= 0.6 is 0 Å². The first-order valence-corrected chi connectivity index (χ1v) is 8.34. The quantitative estimate of drug-likeness (QED) is 0.666. The van der Waals surface area contributed by atoms with Crippen LogP contribution in [0.25, 0.3) is 0 Å². The highest BCUT2D eigenvalue weighted by molar-refractivity contribution is 7.86. The summed E-state index contributed by atoms with van der Waals surface area (Å²) in [7, 11) is 0.143. The number of nitrogens with zero attached hydrogens (tertiary/aromatic N) is 2. The monoisotopic (exact) mass is 275 g/mol. The molecule has 0 aromatic rings. The van der Waals surface area contributed by atoms with Gasteiger partial charge in [0.05, 0.1) is 0 Å². The predicted octanol–water partition coefficient (Wildman–Crippen LogP) is 0.789. The Bertz CT molecular complexity index is 364. The van der Waals surface area contributed by atoms with Crippen molar-refractivity contribution in [3.63, 3.8) is 0 Å². The molecule has 18 heavy (non-hydrogen) atoms. The van der Waals surface area contributed by atoms with Gasteiger partial charge in [0, 0.05) is 32.7 Å². The molecular formula is C12H25N3O2S. The fourth-order valence-electron chi connectivity index (χ4n) is 2.17. The van der Waals surface area contributed by atoms with Crippen molar-refractivity contribution in [2.75, 3.05) is 27.2 Å². The maximum Gasteiger partial charge on any atom is 0.281 e. The van der Waals surface area contributed by atoms with Gasteiger partial charge in [-0.05, 0) is 38.6 Å². The van der Waals surface area contributed by atoms with Crippen molar-refractivity contribution in [3.05, 3.63) is 0 Å². The minimum atomic E-state index is -3.25. The first-order valence-electron chi connectivity index (χ1n) is 6.94. The first kappa shape index (κ1) is 14.2. The van der Waals surface area contributed by atoms with Crippen LogP contribution < -0.4 is 5.32 Å². The van der Waals surface area contributed by atoms with Gasteiger partial charge < -0.3 is 5.32 Å². The third-order valence-corrected chi connectivity index (χ3v) is 6.00. The van der Waals surface area contributed by atoms with Crippen LogP contribution in [-0.2, 0) is 10.2 Å². The van der Waals surface area contributed by atoms with Crippen LogP contribution in [0.2, 0.25) is 0 Å². The molecule has 1 N–H and O–H groups in total. The van der Waals surface area contributed by atoms with E-state index in [4.69, 9.17) is 0 Å². The molecular weight excluding hydrogens is 250 g/mol. The Kier molecular flexibility index (Phi) is 4.64. The van der Waals surface area contributed by atoms with Crippen LogP contribution in [0, 0.1) is 0 Å². The molecule has 2 aliphatic rings. The second-order valence-corrected chi connectivity index (χ2v) is 7.61. The molecule has 2 saturated carbocycles. The molecule has 2 fully saturated rings. The molecule has 0 radical (unpaired) electrons. The van der Waals surface area contributed by atoms with Gasteiger partial charge in [0.25, 0.3) is 10.2 Å². The lowest BCUT2D eigenvalue weighted by atomic mass is 9.94. The van der Waals surface area contributed by atoms with Gasteiger partial charge in [0.1, 0.15) is 0 Å². The fourth-order valence-corrected chi connectivity index (χ4v) is 3.56. The molecule has 0 aromatic heterocycles. The zero-order valence-electron chi connectivity index (χ0n) is 11.4. The van der Waals surface area contributed by atoms with Gasteiger partial charge in [-0.3, -0.25) is 0 Å². The van der Waals surface area contributed by atoms with Gasteiger partial charge in [0.15, 0.2) is 0 Å². The van der Waals surface area contributed by atoms with E-state index < -0.39 is 10.2 Å². The van der Waals surface area contributed by atoms with Crippen LogP contribution in [0.3, 0.4) is 0 Å². The Labute approximate surface area is 111 Å². The Morgan fingerprint density at radius 3 is 2.33 bits per heavy atom. The average molecular weight is 275 g/mol. The summed E-state index contributed by atoms with van der Waals surface area (Å²) in [6, 6.07) is 0.923. The molecule has 0 amide bonds. The lowest BCUT2D eigenvalue weighted by molar-refractivity contribution is 0.236. The summed E-state index contributed by atoms with van der Waals surface area (Å²) >= 11 is 0. The topological polar surface area (TPSA) is 52.7 Å². The summed E-state index contributed by atoms with van der Waals surface area (Å²) in [5, 5.41) is 3.40. The van der Waals surface area contributed by atoms with Gasteiger partial charge in [-0.25, -0.2) is 0 Å². The SMILES string of the molecule is CN(CCCNC1CC1)S(=O)(=O)N(C)C1CCC1. The maximum absolute atomic E-state index is 12.2. The second-order valence-electron chi connectivity index (χ2n) is 5.51. The molecule has 0 saturated heterocycles. The Hall–Kier alpha value is -0.170. The zero-order chi connectivity index (χ0) is 13.2. The normalized spacial score (nSPS) is 21.6. The van der Waals surface area contributed by atoms with Crippen molar-refractivity contribution in [1.29, 1.82) is 0 Å². The first-order chi connectivity index (χ1) is 8.51. The van der Waals surface area contributed by atoms with Crippen LogP contribution in [0.1, 0.15) is 38.5 Å². The lowest BCUT2D eigenvalue weighted by Crippen LogP contribution is -2.48. The highest BCUT2D eigenvalue weighted by Crippen LogP contribution is 2.26. The van der Waals surface area contributed by atoms with E-state index in [0.717, 1.165) is 32.2 Å². The average Bonchev–Trinajstić information content (AvgIpc) is 3.05. The highest BCUT2D eigenvalue weighted by Gasteiger charge is 2.32. The molecule has 0 heterocycles. The molecule has 2 rings (SSSR count). The van der Waals surface area contributed by atoms with Crippen molar-refractivity contribution in [1.82, 2.24) is 13.9 Å². The minimum absolute atomic E-state index is 0.224. The molecule has 0 aromatic carbocycles. The molecule has 5 nitrogen and oxygen atoms in total. The van der Waals surface area contributed by atoms with E-state index in [1.807, 2.05) is 0 Å². The van der Waals surface area contributed by atoms with Gasteiger partial charge in [-0.15, -0.1) is 0 Å². The molecule has 6 heteroatoms. The predicted molar refractivity (Wildman–Crippen MR) is 72.6 cm³/mol. The Morgan fingerprint density at radius 1 is 1.17 bits per heavy atom. The summed E-state index contributed by atoms with van der Waals surface area (Å²) < 4.78 is 27.5. The number of nitrogens with one attached hydrogen (secondary N) is 1. The Morgan fingerprint density at radius 2 is 1.83 bits per heavy atom. The standard InChI is InChI=1S/C12H25N3O2S/c1-14(10-4-9-13-11-7-8-11)18(16,17)15(2)12-5-3-6-12/h11-13H,3-10H2,1-2H3. The molecule has 0 aliphatic heterocycles. The molecule has 0 unspecified atom stereocenters. The minimum Gasteiger partial charge on any atom is -0.314 e. The van der Waals surface area contributed by atoms with E-state index in [1.165, 1.54) is 17.1 Å². The van der Waals surface area contributed by atoms with E-state index in [0.29, 0.717) is 12.6 Å². The van der Waals surface area contributed by atoms with Crippen molar-refractivity contribution in [2.45, 2.75) is 50.6 Å². The summed E-state index contributed by atoms with van der Waals surface area (Å²) in [5.74, 6) is 0. The summed E-state index contributed by atoms with van der Waals surface area (Å²) in [6.07, 6.45) is 6.60. The van der Waals surface area contributed by atoms with E-state index in [2.05, 4.69) is 5.32 Å². The largest absolute Gasteiger partial charge is 0.314 e. The van der Waals surface area contributed by atoms with E-state index >= 15 is 0 Å². The van der Waals surface area contributed by atoms with Gasteiger partial charge in [-0.1, -0.05) is 6.42 Å². The van der Waals surface area contributed by atoms with Crippen LogP contribution in [-0.4, -0.2) is 56.3 Å². The summed E-state index contributed by atoms with van der Waals surface area (Å²) in [6.45, 7) is 1.51. The van der Waals surface area contributed by atoms with E-state index in [1.54, 1.807) is 18.4 Å². The van der Waals surface area contributed by atoms with Crippen LogP contribution in [0.15, 0.2) is 0 Å². The highest BCUT2D eigenvalue weighted by atomic mass is 32.2. The van der Waals surface area contributed by atoms with Gasteiger partial charge in [0.2, 0.25) is 0 Å². The van der Waals surface area contributed by atoms with Crippen LogP contribution in [0.4, 0.5) is 0 Å². The molecule has 0 atom stereocenters. The number of hydrogen-bond donors (Lipinski definition) is 1. The third-order valence-electron chi connectivity index (χ3n) is 4.01. The molecule has 2 aliphatic carbocycles. The summed E-state index contributed by atoms with van der Waals surface area (Å²) in [5.41, 5.74) is 0. The Balaban J connectivity index is 1.72. The maximum atomic E-state index is 12.2. The molecule has 106 valence electrons. The second kappa shape index (κ2) is 5.86. The van der Waals surface area contributed by atoms with Crippen LogP contribution in [0.5, 0.6) is 0 Å². The zero-order valence-corrected chi connectivity index (χ0v) is 12.2. The van der Waals surface area contributed by atoms with Crippen molar-refractivity contribution in [2.24, 2.45) is 0 Å². The fraction of sp³-hybridized carbons (Fsp3) is 1.00. The van der Waals surface area contributed by atoms with E-state index in [-0.39, 0.29) is 6.04 Å². The number of hydrogen-bond acceptors (Lipinski definition) is 3. The lowest BCUT2D eigenvalue weighted by Gasteiger charge is -2.36. The van der Waals surface area contributed by atoms with Crippen molar-refractivity contribution >= 4 is 10.2 Å². The summed E-state index contributed by atoms with van der Waals surface area (Å²) in [4.78, 5) is 0.